The molecule has 0 saturated heterocycles. The minimum atomic E-state index is -0.108. The van der Waals surface area contributed by atoms with Crippen molar-refractivity contribution in [2.45, 2.75) is 0 Å². The second-order valence-electron chi connectivity index (χ2n) is 5.85. The number of ketones is 1. The molecule has 0 saturated carbocycles. The molecule has 0 bridgehead atoms. The minimum Gasteiger partial charge on any atom is -0.497 e. The van der Waals surface area contributed by atoms with Crippen molar-refractivity contribution in [3.05, 3.63) is 90.3 Å². The summed E-state index contributed by atoms with van der Waals surface area (Å²) in [5.41, 5.74) is 3.26. The van der Waals surface area contributed by atoms with E-state index in [1.54, 1.807) is 43.8 Å². The van der Waals surface area contributed by atoms with Gasteiger partial charge in [-0.3, -0.25) is 14.8 Å². The van der Waals surface area contributed by atoms with Gasteiger partial charge in [0.2, 0.25) is 0 Å². The van der Waals surface area contributed by atoms with Crippen molar-refractivity contribution in [1.82, 2.24) is 9.97 Å². The van der Waals surface area contributed by atoms with Gasteiger partial charge in [-0.05, 0) is 36.4 Å². The molecule has 4 aromatic rings. The number of aromatic nitrogens is 2. The first kappa shape index (κ1) is 16.0. The second kappa shape index (κ2) is 6.76. The molecule has 2 heterocycles. The molecule has 0 aliphatic rings. The van der Waals surface area contributed by atoms with Crippen LogP contribution in [0, 0.1) is 0 Å². The van der Waals surface area contributed by atoms with Crippen LogP contribution in [0.3, 0.4) is 0 Å². The van der Waals surface area contributed by atoms with Gasteiger partial charge in [-0.1, -0.05) is 30.3 Å². The largest absolute Gasteiger partial charge is 0.497 e. The Morgan fingerprint density at radius 3 is 2.38 bits per heavy atom. The first-order valence-electron chi connectivity index (χ1n) is 8.26. The van der Waals surface area contributed by atoms with Gasteiger partial charge in [-0.25, -0.2) is 0 Å². The quantitative estimate of drug-likeness (QED) is 0.512. The van der Waals surface area contributed by atoms with Crippen molar-refractivity contribution in [3.63, 3.8) is 0 Å². The number of carbonyl (C=O) groups is 1. The Balaban J connectivity index is 1.95. The Morgan fingerprint density at radius 1 is 0.885 bits per heavy atom. The van der Waals surface area contributed by atoms with Crippen LogP contribution in [0.25, 0.3) is 22.2 Å². The summed E-state index contributed by atoms with van der Waals surface area (Å²) in [7, 11) is 1.60. The van der Waals surface area contributed by atoms with Gasteiger partial charge in [0.1, 0.15) is 5.75 Å². The summed E-state index contributed by atoms with van der Waals surface area (Å²) in [6.07, 6.45) is 3.46. The van der Waals surface area contributed by atoms with E-state index in [1.807, 2.05) is 42.5 Å². The summed E-state index contributed by atoms with van der Waals surface area (Å²) in [6, 6.07) is 20.5. The number of rotatable bonds is 4. The van der Waals surface area contributed by atoms with E-state index in [4.69, 9.17) is 4.74 Å². The van der Waals surface area contributed by atoms with E-state index < -0.39 is 0 Å². The summed E-state index contributed by atoms with van der Waals surface area (Å²) in [6.45, 7) is 0. The lowest BCUT2D eigenvalue weighted by molar-refractivity contribution is 0.104. The van der Waals surface area contributed by atoms with Gasteiger partial charge in [0.15, 0.2) is 5.78 Å². The Kier molecular flexibility index (Phi) is 4.15. The smallest absolute Gasteiger partial charge is 0.197 e. The standard InChI is InChI=1S/C22H16N2O2/c1-26-18-11-9-16(10-12-18)22(25)19-20(15-6-3-2-4-7-15)24-14-17-8-5-13-23-21(17)19/h2-14H,1H3. The van der Waals surface area contributed by atoms with Crippen LogP contribution in [0.2, 0.25) is 0 Å². The number of carbonyl (C=O) groups excluding carboxylic acids is 1. The van der Waals surface area contributed by atoms with Crippen LogP contribution in [0.1, 0.15) is 15.9 Å². The van der Waals surface area contributed by atoms with E-state index in [9.17, 15) is 4.79 Å². The summed E-state index contributed by atoms with van der Waals surface area (Å²) >= 11 is 0. The number of methoxy groups -OCH3 is 1. The highest BCUT2D eigenvalue weighted by molar-refractivity contribution is 6.18. The third-order valence-corrected chi connectivity index (χ3v) is 4.27. The molecule has 0 amide bonds. The molecule has 0 aliphatic carbocycles. The molecule has 0 aliphatic heterocycles. The Hall–Kier alpha value is -3.53. The topological polar surface area (TPSA) is 52.1 Å². The van der Waals surface area contributed by atoms with Gasteiger partial charge in [0.25, 0.3) is 0 Å². The molecule has 26 heavy (non-hydrogen) atoms. The first-order valence-corrected chi connectivity index (χ1v) is 8.26. The van der Waals surface area contributed by atoms with Crippen molar-refractivity contribution in [2.75, 3.05) is 7.11 Å². The van der Waals surface area contributed by atoms with Crippen LogP contribution >= 0.6 is 0 Å². The van der Waals surface area contributed by atoms with Crippen LogP contribution in [0.4, 0.5) is 0 Å². The average Bonchev–Trinajstić information content (AvgIpc) is 2.73. The van der Waals surface area contributed by atoms with Crippen LogP contribution < -0.4 is 4.74 Å². The summed E-state index contributed by atoms with van der Waals surface area (Å²) < 4.78 is 5.18. The van der Waals surface area contributed by atoms with Crippen molar-refractivity contribution < 1.29 is 9.53 Å². The number of benzene rings is 2. The molecule has 126 valence electrons. The number of nitrogens with zero attached hydrogens (tertiary/aromatic N) is 2. The van der Waals surface area contributed by atoms with Gasteiger partial charge >= 0.3 is 0 Å². The maximum atomic E-state index is 13.3. The molecule has 0 unspecified atom stereocenters. The molecule has 0 atom stereocenters. The first-order chi connectivity index (χ1) is 12.8. The maximum absolute atomic E-state index is 13.3. The zero-order valence-electron chi connectivity index (χ0n) is 14.2. The molecule has 4 nitrogen and oxygen atoms in total. The van der Waals surface area contributed by atoms with Gasteiger partial charge in [0.05, 0.1) is 23.9 Å². The zero-order valence-corrected chi connectivity index (χ0v) is 14.2. The molecular formula is C22H16N2O2. The Labute approximate surface area is 151 Å². The molecule has 4 rings (SSSR count). The lowest BCUT2D eigenvalue weighted by Crippen LogP contribution is -2.07. The minimum absolute atomic E-state index is 0.108. The van der Waals surface area contributed by atoms with Gasteiger partial charge < -0.3 is 4.74 Å². The SMILES string of the molecule is COc1ccc(C(=O)c2c(-c3ccccc3)ncc3cccnc23)cc1. The maximum Gasteiger partial charge on any atom is 0.197 e. The highest BCUT2D eigenvalue weighted by Gasteiger charge is 2.20. The third-order valence-electron chi connectivity index (χ3n) is 4.27. The lowest BCUT2D eigenvalue weighted by Gasteiger charge is -2.11. The molecule has 2 aromatic heterocycles. The average molecular weight is 340 g/mol. The molecule has 0 spiro atoms. The van der Waals surface area contributed by atoms with Crippen LogP contribution in [0.15, 0.2) is 79.1 Å². The summed E-state index contributed by atoms with van der Waals surface area (Å²) in [5.74, 6) is 0.599. The molecule has 4 heteroatoms. The van der Waals surface area contributed by atoms with Crippen molar-refractivity contribution in [2.24, 2.45) is 0 Å². The van der Waals surface area contributed by atoms with E-state index in [-0.39, 0.29) is 5.78 Å². The monoisotopic (exact) mass is 340 g/mol. The lowest BCUT2D eigenvalue weighted by atomic mass is 9.96. The molecular weight excluding hydrogens is 324 g/mol. The molecule has 0 fully saturated rings. The molecule has 0 radical (unpaired) electrons. The van der Waals surface area contributed by atoms with E-state index in [1.165, 1.54) is 0 Å². The fourth-order valence-corrected chi connectivity index (χ4v) is 2.96. The number of hydrogen-bond donors (Lipinski definition) is 0. The van der Waals surface area contributed by atoms with Crippen molar-refractivity contribution in [1.29, 1.82) is 0 Å². The summed E-state index contributed by atoms with van der Waals surface area (Å²) in [5, 5.41) is 0.837. The van der Waals surface area contributed by atoms with Crippen molar-refractivity contribution in [3.8, 4) is 17.0 Å². The second-order valence-corrected chi connectivity index (χ2v) is 5.85. The summed E-state index contributed by atoms with van der Waals surface area (Å²) in [4.78, 5) is 22.4. The van der Waals surface area contributed by atoms with E-state index in [0.29, 0.717) is 28.1 Å². The number of hydrogen-bond acceptors (Lipinski definition) is 4. The fraction of sp³-hybridized carbons (Fsp3) is 0.0455. The molecule has 0 N–H and O–H groups in total. The third kappa shape index (κ3) is 2.82. The van der Waals surface area contributed by atoms with Gasteiger partial charge in [-0.15, -0.1) is 0 Å². The van der Waals surface area contributed by atoms with Gasteiger partial charge in [-0.2, -0.15) is 0 Å². The predicted octanol–water partition coefficient (Wildman–Crippen LogP) is 4.54. The molecule has 2 aromatic carbocycles. The number of ether oxygens (including phenoxy) is 1. The Bertz CT molecular complexity index is 1070. The van der Waals surface area contributed by atoms with E-state index in [2.05, 4.69) is 9.97 Å². The highest BCUT2D eigenvalue weighted by Crippen LogP contribution is 2.29. The normalized spacial score (nSPS) is 10.7. The Morgan fingerprint density at radius 2 is 1.65 bits per heavy atom. The van der Waals surface area contributed by atoms with Crippen LogP contribution in [-0.4, -0.2) is 22.9 Å². The number of pyridine rings is 2. The van der Waals surface area contributed by atoms with Crippen LogP contribution in [-0.2, 0) is 0 Å². The van der Waals surface area contributed by atoms with Crippen LogP contribution in [0.5, 0.6) is 5.75 Å². The van der Waals surface area contributed by atoms with E-state index in [0.717, 1.165) is 10.9 Å². The van der Waals surface area contributed by atoms with Crippen molar-refractivity contribution >= 4 is 16.7 Å². The highest BCUT2D eigenvalue weighted by atomic mass is 16.5. The van der Waals surface area contributed by atoms with Gasteiger partial charge in [0, 0.05) is 28.9 Å². The van der Waals surface area contributed by atoms with E-state index >= 15 is 0 Å². The predicted molar refractivity (Wildman–Crippen MR) is 101 cm³/mol. The fourth-order valence-electron chi connectivity index (χ4n) is 2.96. The zero-order chi connectivity index (χ0) is 17.9. The number of fused-ring (bicyclic) bond motifs is 1.